The Labute approximate surface area is 126 Å². The predicted molar refractivity (Wildman–Crippen MR) is 84.1 cm³/mol. The Morgan fingerprint density at radius 3 is 2.86 bits per heavy atom. The van der Waals surface area contributed by atoms with E-state index >= 15 is 0 Å². The number of nitrogens with two attached hydrogens (primary N) is 1. The highest BCUT2D eigenvalue weighted by atomic mass is 16.5. The molecule has 1 unspecified atom stereocenters. The molecule has 5 heteroatoms. The zero-order valence-electron chi connectivity index (χ0n) is 12.7. The summed E-state index contributed by atoms with van der Waals surface area (Å²) in [6.07, 6.45) is 3.08. The van der Waals surface area contributed by atoms with Crippen LogP contribution in [0, 0.1) is 0 Å². The zero-order valence-corrected chi connectivity index (χ0v) is 12.7. The molecule has 1 saturated heterocycles. The van der Waals surface area contributed by atoms with Gasteiger partial charge in [0.25, 0.3) is 0 Å². The highest BCUT2D eigenvalue weighted by Crippen LogP contribution is 2.13. The monoisotopic (exact) mass is 291 g/mol. The van der Waals surface area contributed by atoms with Gasteiger partial charge in [-0.2, -0.15) is 0 Å². The second-order valence-corrected chi connectivity index (χ2v) is 5.50. The van der Waals surface area contributed by atoms with Gasteiger partial charge in [-0.05, 0) is 37.1 Å². The molecular formula is C16H25N3O2. The lowest BCUT2D eigenvalue weighted by molar-refractivity contribution is -0.116. The molecule has 0 spiro atoms. The largest absolute Gasteiger partial charge is 0.380 e. The van der Waals surface area contributed by atoms with Gasteiger partial charge in [-0.3, -0.25) is 4.79 Å². The van der Waals surface area contributed by atoms with Crippen LogP contribution in [0.5, 0.6) is 0 Å². The zero-order chi connectivity index (χ0) is 15.1. The van der Waals surface area contributed by atoms with E-state index in [1.807, 2.05) is 24.3 Å². The summed E-state index contributed by atoms with van der Waals surface area (Å²) in [5, 5.41) is 2.92. The van der Waals surface area contributed by atoms with Crippen LogP contribution in [0.4, 0.5) is 5.69 Å². The number of nitrogens with zero attached hydrogens (tertiary/aromatic N) is 1. The summed E-state index contributed by atoms with van der Waals surface area (Å²) in [6.45, 7) is 3.28. The SMILES string of the molecule is COC1CCCN(CCC(=O)Nc2ccc(CN)cc2)C1. The van der Waals surface area contributed by atoms with E-state index in [0.29, 0.717) is 19.1 Å². The van der Waals surface area contributed by atoms with Gasteiger partial charge >= 0.3 is 0 Å². The van der Waals surface area contributed by atoms with Gasteiger partial charge < -0.3 is 20.7 Å². The second kappa shape index (κ2) is 8.12. The highest BCUT2D eigenvalue weighted by molar-refractivity contribution is 5.90. The lowest BCUT2D eigenvalue weighted by Crippen LogP contribution is -2.40. The van der Waals surface area contributed by atoms with Crippen LogP contribution in [0.25, 0.3) is 0 Å². The molecule has 0 aromatic heterocycles. The van der Waals surface area contributed by atoms with E-state index < -0.39 is 0 Å². The van der Waals surface area contributed by atoms with Gasteiger partial charge in [-0.1, -0.05) is 12.1 Å². The molecule has 2 rings (SSSR count). The van der Waals surface area contributed by atoms with Crippen molar-refractivity contribution in [2.75, 3.05) is 32.1 Å². The van der Waals surface area contributed by atoms with Crippen LogP contribution < -0.4 is 11.1 Å². The van der Waals surface area contributed by atoms with Crippen LogP contribution in [0.2, 0.25) is 0 Å². The normalized spacial score (nSPS) is 19.4. The Bertz CT molecular complexity index is 447. The fraction of sp³-hybridized carbons (Fsp3) is 0.562. The average Bonchev–Trinajstić information content (AvgIpc) is 2.54. The molecule has 1 heterocycles. The van der Waals surface area contributed by atoms with Crippen molar-refractivity contribution in [3.8, 4) is 0 Å². The minimum absolute atomic E-state index is 0.0510. The maximum absolute atomic E-state index is 12.0. The minimum atomic E-state index is 0.0510. The number of carbonyl (C=O) groups excluding carboxylic acids is 1. The molecule has 1 fully saturated rings. The van der Waals surface area contributed by atoms with E-state index in [0.717, 1.165) is 43.7 Å². The molecule has 0 saturated carbocycles. The fourth-order valence-corrected chi connectivity index (χ4v) is 2.62. The summed E-state index contributed by atoms with van der Waals surface area (Å²) in [5.41, 5.74) is 7.44. The van der Waals surface area contributed by atoms with Crippen molar-refractivity contribution >= 4 is 11.6 Å². The Morgan fingerprint density at radius 2 is 2.19 bits per heavy atom. The molecule has 1 aromatic carbocycles. The number of carbonyl (C=O) groups is 1. The van der Waals surface area contributed by atoms with Gasteiger partial charge in [0.2, 0.25) is 5.91 Å². The summed E-state index contributed by atoms with van der Waals surface area (Å²) in [4.78, 5) is 14.3. The number of hydrogen-bond acceptors (Lipinski definition) is 4. The first-order valence-corrected chi connectivity index (χ1v) is 7.55. The molecule has 5 nitrogen and oxygen atoms in total. The van der Waals surface area contributed by atoms with Crippen molar-refractivity contribution in [2.24, 2.45) is 5.73 Å². The number of anilines is 1. The van der Waals surface area contributed by atoms with Crippen LogP contribution in [-0.4, -0.2) is 43.7 Å². The lowest BCUT2D eigenvalue weighted by atomic mass is 10.1. The fourth-order valence-electron chi connectivity index (χ4n) is 2.62. The third kappa shape index (κ3) is 5.12. The third-order valence-electron chi connectivity index (χ3n) is 3.92. The van der Waals surface area contributed by atoms with Crippen LogP contribution in [0.3, 0.4) is 0 Å². The van der Waals surface area contributed by atoms with Gasteiger partial charge in [0.1, 0.15) is 0 Å². The lowest BCUT2D eigenvalue weighted by Gasteiger charge is -2.31. The smallest absolute Gasteiger partial charge is 0.225 e. The Morgan fingerprint density at radius 1 is 1.43 bits per heavy atom. The van der Waals surface area contributed by atoms with Gasteiger partial charge in [-0.15, -0.1) is 0 Å². The van der Waals surface area contributed by atoms with E-state index in [9.17, 15) is 4.79 Å². The maximum atomic E-state index is 12.0. The number of piperidine rings is 1. The van der Waals surface area contributed by atoms with Crippen LogP contribution in [0.15, 0.2) is 24.3 Å². The number of amides is 1. The molecule has 3 N–H and O–H groups in total. The standard InChI is InChI=1S/C16H25N3O2/c1-21-15-3-2-9-19(12-15)10-8-16(20)18-14-6-4-13(11-17)5-7-14/h4-7,15H,2-3,8-12,17H2,1H3,(H,18,20). The predicted octanol–water partition coefficient (Wildman–Crippen LogP) is 1.58. The molecule has 0 aliphatic carbocycles. The molecule has 1 aliphatic heterocycles. The van der Waals surface area contributed by atoms with Gasteiger partial charge in [0.05, 0.1) is 6.10 Å². The highest BCUT2D eigenvalue weighted by Gasteiger charge is 2.19. The number of ether oxygens (including phenoxy) is 1. The van der Waals surface area contributed by atoms with Crippen LogP contribution >= 0.6 is 0 Å². The summed E-state index contributed by atoms with van der Waals surface area (Å²) in [6, 6.07) is 7.65. The van der Waals surface area contributed by atoms with Crippen molar-refractivity contribution in [1.29, 1.82) is 0 Å². The van der Waals surface area contributed by atoms with Crippen molar-refractivity contribution in [1.82, 2.24) is 4.90 Å². The quantitative estimate of drug-likeness (QED) is 0.835. The maximum Gasteiger partial charge on any atom is 0.225 e. The molecular weight excluding hydrogens is 266 g/mol. The van der Waals surface area contributed by atoms with Gasteiger partial charge in [-0.25, -0.2) is 0 Å². The van der Waals surface area contributed by atoms with E-state index in [-0.39, 0.29) is 5.91 Å². The van der Waals surface area contributed by atoms with E-state index in [4.69, 9.17) is 10.5 Å². The van der Waals surface area contributed by atoms with E-state index in [1.165, 1.54) is 0 Å². The molecule has 1 atom stereocenters. The molecule has 1 amide bonds. The number of nitrogens with one attached hydrogen (secondary N) is 1. The number of hydrogen-bond donors (Lipinski definition) is 2. The van der Waals surface area contributed by atoms with Crippen LogP contribution in [-0.2, 0) is 16.1 Å². The Hall–Kier alpha value is -1.43. The average molecular weight is 291 g/mol. The molecule has 116 valence electrons. The number of likely N-dealkylation sites (tertiary alicyclic amines) is 1. The second-order valence-electron chi connectivity index (χ2n) is 5.50. The Balaban J connectivity index is 1.73. The van der Waals surface area contributed by atoms with Crippen molar-refractivity contribution in [3.05, 3.63) is 29.8 Å². The Kier molecular flexibility index (Phi) is 6.17. The van der Waals surface area contributed by atoms with Crippen molar-refractivity contribution in [2.45, 2.75) is 31.9 Å². The number of rotatable bonds is 6. The molecule has 0 radical (unpaired) electrons. The van der Waals surface area contributed by atoms with Crippen molar-refractivity contribution in [3.63, 3.8) is 0 Å². The molecule has 1 aliphatic rings. The van der Waals surface area contributed by atoms with Gasteiger partial charge in [0, 0.05) is 38.9 Å². The van der Waals surface area contributed by atoms with Crippen molar-refractivity contribution < 1.29 is 9.53 Å². The summed E-state index contributed by atoms with van der Waals surface area (Å²) in [7, 11) is 1.76. The first-order valence-electron chi connectivity index (χ1n) is 7.55. The van der Waals surface area contributed by atoms with Crippen LogP contribution in [0.1, 0.15) is 24.8 Å². The summed E-state index contributed by atoms with van der Waals surface area (Å²) >= 11 is 0. The van der Waals surface area contributed by atoms with Gasteiger partial charge in [0.15, 0.2) is 0 Å². The first-order chi connectivity index (χ1) is 10.2. The minimum Gasteiger partial charge on any atom is -0.380 e. The molecule has 21 heavy (non-hydrogen) atoms. The first kappa shape index (κ1) is 15.9. The summed E-state index contributed by atoms with van der Waals surface area (Å²) in [5.74, 6) is 0.0510. The number of methoxy groups -OCH3 is 1. The molecule has 0 bridgehead atoms. The summed E-state index contributed by atoms with van der Waals surface area (Å²) < 4.78 is 5.39. The number of benzene rings is 1. The third-order valence-corrected chi connectivity index (χ3v) is 3.92. The van der Waals surface area contributed by atoms with E-state index in [2.05, 4.69) is 10.2 Å². The molecule has 1 aromatic rings. The topological polar surface area (TPSA) is 67.6 Å². The van der Waals surface area contributed by atoms with E-state index in [1.54, 1.807) is 7.11 Å².